The first-order valence-electron chi connectivity index (χ1n) is 4.35. The quantitative estimate of drug-likeness (QED) is 0.786. The Morgan fingerprint density at radius 1 is 1.75 bits per heavy atom. The monoisotopic (exact) mass is 233 g/mol. The van der Waals surface area contributed by atoms with E-state index < -0.39 is 0 Å². The molecule has 0 amide bonds. The third-order valence-electron chi connectivity index (χ3n) is 2.36. The van der Waals surface area contributed by atoms with Crippen LogP contribution < -0.4 is 0 Å². The van der Waals surface area contributed by atoms with E-state index in [9.17, 15) is 5.11 Å². The van der Waals surface area contributed by atoms with Crippen molar-refractivity contribution < 1.29 is 5.11 Å². The zero-order valence-electron chi connectivity index (χ0n) is 7.46. The first-order chi connectivity index (χ1) is 5.59. The summed E-state index contributed by atoms with van der Waals surface area (Å²) >= 11 is 3.35. The highest BCUT2D eigenvalue weighted by molar-refractivity contribution is 9.11. The SMILES string of the molecule is C=C(Br)CN1CCC(O)CC1C. The fourth-order valence-corrected chi connectivity index (χ4v) is 1.97. The van der Waals surface area contributed by atoms with E-state index in [4.69, 9.17) is 0 Å². The molecule has 0 aromatic carbocycles. The van der Waals surface area contributed by atoms with Crippen molar-refractivity contribution in [2.75, 3.05) is 13.1 Å². The van der Waals surface area contributed by atoms with Crippen molar-refractivity contribution in [3.8, 4) is 0 Å². The third kappa shape index (κ3) is 2.88. The van der Waals surface area contributed by atoms with E-state index in [2.05, 4.69) is 34.3 Å². The molecule has 1 N–H and O–H groups in total. The van der Waals surface area contributed by atoms with Crippen LogP contribution in [0.15, 0.2) is 11.1 Å². The number of rotatable bonds is 2. The lowest BCUT2D eigenvalue weighted by Crippen LogP contribution is -2.42. The van der Waals surface area contributed by atoms with E-state index in [1.165, 1.54) is 0 Å². The number of nitrogens with zero attached hydrogens (tertiary/aromatic N) is 1. The average molecular weight is 234 g/mol. The largest absolute Gasteiger partial charge is 0.393 e. The summed E-state index contributed by atoms with van der Waals surface area (Å²) in [6.45, 7) is 7.84. The summed E-state index contributed by atoms with van der Waals surface area (Å²) in [4.78, 5) is 2.34. The number of halogens is 1. The Bertz CT molecular complexity index is 172. The summed E-state index contributed by atoms with van der Waals surface area (Å²) in [7, 11) is 0. The highest BCUT2D eigenvalue weighted by Gasteiger charge is 2.23. The molecule has 70 valence electrons. The second kappa shape index (κ2) is 4.40. The van der Waals surface area contributed by atoms with Gasteiger partial charge in [-0.2, -0.15) is 0 Å². The molecule has 2 unspecified atom stereocenters. The number of aliphatic hydroxyl groups is 1. The molecule has 12 heavy (non-hydrogen) atoms. The van der Waals surface area contributed by atoms with E-state index in [1.54, 1.807) is 0 Å². The first kappa shape index (κ1) is 10.2. The van der Waals surface area contributed by atoms with E-state index in [0.29, 0.717) is 6.04 Å². The second-order valence-corrected chi connectivity index (χ2v) is 4.64. The zero-order chi connectivity index (χ0) is 9.14. The van der Waals surface area contributed by atoms with E-state index in [1.807, 2.05) is 0 Å². The van der Waals surface area contributed by atoms with Gasteiger partial charge in [-0.25, -0.2) is 0 Å². The minimum Gasteiger partial charge on any atom is -0.393 e. The molecule has 1 aliphatic rings. The standard InChI is InChI=1S/C9H16BrNO/c1-7(10)6-11-4-3-9(12)5-8(11)2/h8-9,12H,1,3-6H2,2H3. The van der Waals surface area contributed by atoms with Crippen LogP contribution in [0.3, 0.4) is 0 Å². The molecule has 3 heteroatoms. The van der Waals surface area contributed by atoms with Crippen LogP contribution in [0.4, 0.5) is 0 Å². The number of likely N-dealkylation sites (tertiary alicyclic amines) is 1. The van der Waals surface area contributed by atoms with Crippen molar-refractivity contribution >= 4 is 15.9 Å². The molecule has 1 aliphatic heterocycles. The molecule has 1 fully saturated rings. The number of piperidine rings is 1. The predicted molar refractivity (Wildman–Crippen MR) is 54.3 cm³/mol. The van der Waals surface area contributed by atoms with Crippen molar-refractivity contribution in [2.45, 2.75) is 31.9 Å². The van der Waals surface area contributed by atoms with Gasteiger partial charge in [0.15, 0.2) is 0 Å². The lowest BCUT2D eigenvalue weighted by molar-refractivity contribution is 0.0544. The molecule has 1 rings (SSSR count). The Kier molecular flexibility index (Phi) is 3.75. The van der Waals surface area contributed by atoms with Gasteiger partial charge < -0.3 is 5.11 Å². The second-order valence-electron chi connectivity index (χ2n) is 3.51. The smallest absolute Gasteiger partial charge is 0.0567 e. The predicted octanol–water partition coefficient (Wildman–Crippen LogP) is 1.74. The molecule has 2 atom stereocenters. The van der Waals surface area contributed by atoms with Crippen LogP contribution in [0.5, 0.6) is 0 Å². The van der Waals surface area contributed by atoms with Gasteiger partial charge in [-0.3, -0.25) is 4.90 Å². The molecule has 0 aromatic heterocycles. The van der Waals surface area contributed by atoms with Crippen molar-refractivity contribution in [3.05, 3.63) is 11.1 Å². The van der Waals surface area contributed by atoms with Crippen LogP contribution in [-0.2, 0) is 0 Å². The fraction of sp³-hybridized carbons (Fsp3) is 0.778. The van der Waals surface area contributed by atoms with E-state index in [0.717, 1.165) is 30.4 Å². The van der Waals surface area contributed by atoms with E-state index >= 15 is 0 Å². The van der Waals surface area contributed by atoms with Gasteiger partial charge in [-0.1, -0.05) is 22.5 Å². The Labute approximate surface area is 82.4 Å². The maximum Gasteiger partial charge on any atom is 0.0567 e. The fourth-order valence-electron chi connectivity index (χ4n) is 1.65. The molecule has 0 bridgehead atoms. The molecular weight excluding hydrogens is 218 g/mol. The van der Waals surface area contributed by atoms with Crippen LogP contribution >= 0.6 is 15.9 Å². The van der Waals surface area contributed by atoms with Gasteiger partial charge in [0.25, 0.3) is 0 Å². The molecule has 0 spiro atoms. The Morgan fingerprint density at radius 2 is 2.42 bits per heavy atom. The van der Waals surface area contributed by atoms with Crippen molar-refractivity contribution in [3.63, 3.8) is 0 Å². The molecule has 1 saturated heterocycles. The summed E-state index contributed by atoms with van der Waals surface area (Å²) in [6.07, 6.45) is 1.69. The molecule has 2 nitrogen and oxygen atoms in total. The summed E-state index contributed by atoms with van der Waals surface area (Å²) in [5, 5.41) is 9.37. The summed E-state index contributed by atoms with van der Waals surface area (Å²) in [5.74, 6) is 0. The molecule has 0 radical (unpaired) electrons. The topological polar surface area (TPSA) is 23.5 Å². The van der Waals surface area contributed by atoms with Crippen LogP contribution in [0.1, 0.15) is 19.8 Å². The van der Waals surface area contributed by atoms with Crippen LogP contribution in [0, 0.1) is 0 Å². The summed E-state index contributed by atoms with van der Waals surface area (Å²) < 4.78 is 1.02. The summed E-state index contributed by atoms with van der Waals surface area (Å²) in [6, 6.07) is 0.475. The molecule has 1 heterocycles. The van der Waals surface area contributed by atoms with Gasteiger partial charge in [0, 0.05) is 23.6 Å². The van der Waals surface area contributed by atoms with Crippen molar-refractivity contribution in [1.82, 2.24) is 4.90 Å². The lowest BCUT2D eigenvalue weighted by Gasteiger charge is -2.35. The normalized spacial score (nSPS) is 31.9. The van der Waals surface area contributed by atoms with Gasteiger partial charge in [0.2, 0.25) is 0 Å². The van der Waals surface area contributed by atoms with Gasteiger partial charge in [-0.15, -0.1) is 0 Å². The highest BCUT2D eigenvalue weighted by atomic mass is 79.9. The summed E-state index contributed by atoms with van der Waals surface area (Å²) in [5.41, 5.74) is 0. The zero-order valence-corrected chi connectivity index (χ0v) is 9.05. The maximum absolute atomic E-state index is 9.37. The molecule has 0 aliphatic carbocycles. The van der Waals surface area contributed by atoms with Gasteiger partial charge in [0.1, 0.15) is 0 Å². The van der Waals surface area contributed by atoms with Crippen molar-refractivity contribution in [1.29, 1.82) is 0 Å². The van der Waals surface area contributed by atoms with Gasteiger partial charge in [0.05, 0.1) is 6.10 Å². The van der Waals surface area contributed by atoms with Crippen LogP contribution in [-0.4, -0.2) is 35.2 Å². The molecular formula is C9H16BrNO. The highest BCUT2D eigenvalue weighted by Crippen LogP contribution is 2.19. The lowest BCUT2D eigenvalue weighted by atomic mass is 10.0. The Morgan fingerprint density at radius 3 is 2.92 bits per heavy atom. The van der Waals surface area contributed by atoms with Crippen LogP contribution in [0.25, 0.3) is 0 Å². The Hall–Kier alpha value is 0.140. The van der Waals surface area contributed by atoms with E-state index in [-0.39, 0.29) is 6.10 Å². The minimum absolute atomic E-state index is 0.0974. The number of aliphatic hydroxyl groups excluding tert-OH is 1. The molecule has 0 saturated carbocycles. The van der Waals surface area contributed by atoms with Crippen molar-refractivity contribution in [2.24, 2.45) is 0 Å². The molecule has 0 aromatic rings. The first-order valence-corrected chi connectivity index (χ1v) is 5.14. The van der Waals surface area contributed by atoms with Crippen LogP contribution in [0.2, 0.25) is 0 Å². The Balaban J connectivity index is 2.39. The van der Waals surface area contributed by atoms with Gasteiger partial charge >= 0.3 is 0 Å². The average Bonchev–Trinajstić information content (AvgIpc) is 1.94. The third-order valence-corrected chi connectivity index (χ3v) is 2.61. The number of hydrogen-bond acceptors (Lipinski definition) is 2. The van der Waals surface area contributed by atoms with Gasteiger partial charge in [-0.05, 0) is 19.8 Å². The maximum atomic E-state index is 9.37. The number of hydrogen-bond donors (Lipinski definition) is 1. The minimum atomic E-state index is -0.0974.